The van der Waals surface area contributed by atoms with Gasteiger partial charge in [-0.15, -0.1) is 0 Å². The molecule has 26 heavy (non-hydrogen) atoms. The highest BCUT2D eigenvalue weighted by Gasteiger charge is 2.24. The van der Waals surface area contributed by atoms with Crippen molar-refractivity contribution in [3.8, 4) is 5.75 Å². The summed E-state index contributed by atoms with van der Waals surface area (Å²) in [5.41, 5.74) is 7.04. The molecule has 0 amide bonds. The third kappa shape index (κ3) is 3.25. The lowest BCUT2D eigenvalue weighted by Gasteiger charge is -2.27. The quantitative estimate of drug-likeness (QED) is 0.897. The number of piperidine rings is 1. The van der Waals surface area contributed by atoms with E-state index >= 15 is 0 Å². The molecule has 2 aromatic carbocycles. The zero-order valence-electron chi connectivity index (χ0n) is 15.0. The fourth-order valence-corrected chi connectivity index (χ4v) is 3.89. The van der Waals surface area contributed by atoms with Gasteiger partial charge in [0, 0.05) is 18.7 Å². The number of fused-ring (bicyclic) bond motifs is 2. The average Bonchev–Trinajstić information content (AvgIpc) is 2.79. The lowest BCUT2D eigenvalue weighted by molar-refractivity contribution is -0.136. The summed E-state index contributed by atoms with van der Waals surface area (Å²) in [4.78, 5) is 13.4. The van der Waals surface area contributed by atoms with E-state index in [-0.39, 0.29) is 6.42 Å². The van der Waals surface area contributed by atoms with E-state index in [9.17, 15) is 4.79 Å². The lowest BCUT2D eigenvalue weighted by Crippen LogP contribution is -2.27. The van der Waals surface area contributed by atoms with Crippen LogP contribution in [0.25, 0.3) is 5.57 Å². The molecule has 2 aliphatic rings. The molecule has 134 valence electrons. The van der Waals surface area contributed by atoms with E-state index in [0.29, 0.717) is 6.61 Å². The largest absolute Gasteiger partial charge is 0.488 e. The molecule has 1 N–H and O–H groups in total. The van der Waals surface area contributed by atoms with Crippen molar-refractivity contribution in [3.63, 3.8) is 0 Å². The van der Waals surface area contributed by atoms with E-state index < -0.39 is 5.97 Å². The SMILES string of the molecule is CN1CCC(=C2c3ccccc3COc3cc(CC(=O)O)ccc32)CC1. The molecule has 0 atom stereocenters. The Bertz CT molecular complexity index is 875. The van der Waals surface area contributed by atoms with E-state index in [2.05, 4.69) is 30.1 Å². The fraction of sp³-hybridized carbons (Fsp3) is 0.318. The molecule has 0 unspecified atom stereocenters. The van der Waals surface area contributed by atoms with Gasteiger partial charge in [0.05, 0.1) is 6.42 Å². The summed E-state index contributed by atoms with van der Waals surface area (Å²) in [5.74, 6) is -0.0304. The van der Waals surface area contributed by atoms with Crippen molar-refractivity contribution in [2.75, 3.05) is 20.1 Å². The molecular weight excluding hydrogens is 326 g/mol. The number of hydrogen-bond acceptors (Lipinski definition) is 3. The van der Waals surface area contributed by atoms with Crippen molar-refractivity contribution >= 4 is 11.5 Å². The highest BCUT2D eigenvalue weighted by Crippen LogP contribution is 2.41. The topological polar surface area (TPSA) is 49.8 Å². The highest BCUT2D eigenvalue weighted by molar-refractivity contribution is 5.87. The predicted octanol–water partition coefficient (Wildman–Crippen LogP) is 3.73. The van der Waals surface area contributed by atoms with Crippen LogP contribution in [0, 0.1) is 0 Å². The number of carboxylic acid groups (broad SMARTS) is 1. The van der Waals surface area contributed by atoms with Crippen molar-refractivity contribution in [2.24, 2.45) is 0 Å². The van der Waals surface area contributed by atoms with Gasteiger partial charge in [0.25, 0.3) is 0 Å². The van der Waals surface area contributed by atoms with Crippen LogP contribution in [0.2, 0.25) is 0 Å². The highest BCUT2D eigenvalue weighted by atomic mass is 16.5. The van der Waals surface area contributed by atoms with Gasteiger partial charge in [0.1, 0.15) is 12.4 Å². The Morgan fingerprint density at radius 3 is 2.65 bits per heavy atom. The number of carbonyl (C=O) groups is 1. The van der Waals surface area contributed by atoms with Crippen molar-refractivity contribution < 1.29 is 14.6 Å². The summed E-state index contributed by atoms with van der Waals surface area (Å²) in [6, 6.07) is 14.3. The molecule has 2 aliphatic heterocycles. The molecule has 0 aromatic heterocycles. The van der Waals surface area contributed by atoms with Gasteiger partial charge >= 0.3 is 5.97 Å². The second-order valence-electron chi connectivity index (χ2n) is 7.13. The van der Waals surface area contributed by atoms with E-state index in [4.69, 9.17) is 9.84 Å². The number of nitrogens with zero attached hydrogens (tertiary/aromatic N) is 1. The van der Waals surface area contributed by atoms with Crippen molar-refractivity contribution in [1.82, 2.24) is 4.90 Å². The number of hydrogen-bond donors (Lipinski definition) is 1. The van der Waals surface area contributed by atoms with Crippen LogP contribution < -0.4 is 4.74 Å². The molecular formula is C22H23NO3. The summed E-state index contributed by atoms with van der Waals surface area (Å²) in [5, 5.41) is 9.09. The zero-order chi connectivity index (χ0) is 18.1. The maximum atomic E-state index is 11.1. The van der Waals surface area contributed by atoms with Crippen LogP contribution in [0.4, 0.5) is 0 Å². The Labute approximate surface area is 153 Å². The van der Waals surface area contributed by atoms with Crippen LogP contribution in [-0.2, 0) is 17.8 Å². The Kier molecular flexibility index (Phi) is 4.51. The molecule has 4 heteroatoms. The summed E-state index contributed by atoms with van der Waals surface area (Å²) in [7, 11) is 2.16. The van der Waals surface area contributed by atoms with Gasteiger partial charge in [-0.3, -0.25) is 4.79 Å². The predicted molar refractivity (Wildman–Crippen MR) is 101 cm³/mol. The van der Waals surface area contributed by atoms with Gasteiger partial charge in [-0.1, -0.05) is 42.0 Å². The number of benzene rings is 2. The molecule has 1 saturated heterocycles. The summed E-state index contributed by atoms with van der Waals surface area (Å²) >= 11 is 0. The summed E-state index contributed by atoms with van der Waals surface area (Å²) in [6.45, 7) is 2.64. The lowest BCUT2D eigenvalue weighted by atomic mass is 9.86. The average molecular weight is 349 g/mol. The number of rotatable bonds is 2. The second kappa shape index (κ2) is 6.96. The van der Waals surface area contributed by atoms with Gasteiger partial charge in [-0.25, -0.2) is 0 Å². The van der Waals surface area contributed by atoms with Crippen LogP contribution >= 0.6 is 0 Å². The number of likely N-dealkylation sites (tertiary alicyclic amines) is 1. The minimum atomic E-state index is -0.823. The molecule has 0 bridgehead atoms. The van der Waals surface area contributed by atoms with E-state index in [0.717, 1.165) is 42.8 Å². The van der Waals surface area contributed by atoms with Crippen LogP contribution in [0.3, 0.4) is 0 Å². The van der Waals surface area contributed by atoms with Gasteiger partial charge in [-0.2, -0.15) is 0 Å². The number of carboxylic acids is 1. The van der Waals surface area contributed by atoms with Crippen LogP contribution in [0.5, 0.6) is 5.75 Å². The van der Waals surface area contributed by atoms with Crippen LogP contribution in [0.1, 0.15) is 35.1 Å². The first-order chi connectivity index (χ1) is 12.6. The minimum absolute atomic E-state index is 0.0142. The summed E-state index contributed by atoms with van der Waals surface area (Å²) < 4.78 is 6.10. The maximum Gasteiger partial charge on any atom is 0.307 e. The van der Waals surface area contributed by atoms with Gasteiger partial charge < -0.3 is 14.7 Å². The normalized spacial score (nSPS) is 17.1. The summed E-state index contributed by atoms with van der Waals surface area (Å²) in [6.07, 6.45) is 2.12. The van der Waals surface area contributed by atoms with Gasteiger partial charge in [0.15, 0.2) is 0 Å². The zero-order valence-corrected chi connectivity index (χ0v) is 15.0. The van der Waals surface area contributed by atoms with Crippen molar-refractivity contribution in [2.45, 2.75) is 25.9 Å². The molecule has 2 aromatic rings. The third-order valence-corrected chi connectivity index (χ3v) is 5.28. The third-order valence-electron chi connectivity index (χ3n) is 5.28. The Morgan fingerprint density at radius 2 is 1.88 bits per heavy atom. The first-order valence-corrected chi connectivity index (χ1v) is 9.08. The first-order valence-electron chi connectivity index (χ1n) is 9.08. The maximum absolute atomic E-state index is 11.1. The van der Waals surface area contributed by atoms with E-state index in [1.54, 1.807) is 0 Å². The molecule has 0 spiro atoms. The molecule has 2 heterocycles. The Balaban J connectivity index is 1.86. The molecule has 4 nitrogen and oxygen atoms in total. The van der Waals surface area contributed by atoms with Crippen LogP contribution in [-0.4, -0.2) is 36.1 Å². The minimum Gasteiger partial charge on any atom is -0.488 e. The Morgan fingerprint density at radius 1 is 1.12 bits per heavy atom. The molecule has 0 radical (unpaired) electrons. The second-order valence-corrected chi connectivity index (χ2v) is 7.13. The van der Waals surface area contributed by atoms with E-state index in [1.165, 1.54) is 22.3 Å². The van der Waals surface area contributed by atoms with Crippen molar-refractivity contribution in [3.05, 3.63) is 70.3 Å². The monoisotopic (exact) mass is 349 g/mol. The fourth-order valence-electron chi connectivity index (χ4n) is 3.89. The van der Waals surface area contributed by atoms with E-state index in [1.807, 2.05) is 24.3 Å². The molecule has 0 saturated carbocycles. The molecule has 0 aliphatic carbocycles. The molecule has 4 rings (SSSR count). The smallest absolute Gasteiger partial charge is 0.307 e. The van der Waals surface area contributed by atoms with Gasteiger partial charge in [0.2, 0.25) is 0 Å². The first kappa shape index (κ1) is 16.9. The standard InChI is InChI=1S/C22H23NO3/c1-23-10-8-16(9-11-23)22-18-5-3-2-4-17(18)14-26-20-12-15(13-21(24)25)6-7-19(20)22/h2-7,12H,8-11,13-14H2,1H3,(H,24,25). The number of ether oxygens (including phenoxy) is 1. The Hall–Kier alpha value is -2.59. The van der Waals surface area contributed by atoms with Crippen molar-refractivity contribution in [1.29, 1.82) is 0 Å². The molecule has 1 fully saturated rings. The van der Waals surface area contributed by atoms with Crippen LogP contribution in [0.15, 0.2) is 48.0 Å². The number of aliphatic carboxylic acids is 1. The van der Waals surface area contributed by atoms with Gasteiger partial charge in [-0.05, 0) is 48.2 Å².